The van der Waals surface area contributed by atoms with Gasteiger partial charge in [-0.2, -0.15) is 5.10 Å². The average Bonchev–Trinajstić information content (AvgIpc) is 2.60. The van der Waals surface area contributed by atoms with Crippen LogP contribution in [0, 0.1) is 6.92 Å². The Bertz CT molecular complexity index is 493. The van der Waals surface area contributed by atoms with Gasteiger partial charge >= 0.3 is 0 Å². The molecule has 0 saturated heterocycles. The van der Waals surface area contributed by atoms with Crippen molar-refractivity contribution in [3.63, 3.8) is 0 Å². The largest absolute Gasteiger partial charge is 0.398 e. The van der Waals surface area contributed by atoms with Crippen LogP contribution in [0.3, 0.4) is 0 Å². The van der Waals surface area contributed by atoms with E-state index in [0.29, 0.717) is 0 Å². The minimum Gasteiger partial charge on any atom is -0.398 e. The van der Waals surface area contributed by atoms with Crippen molar-refractivity contribution < 1.29 is 0 Å². The molecule has 0 aliphatic carbocycles. The fraction of sp³-hybridized carbons (Fsp3) is 0.333. The molecule has 1 aromatic carbocycles. The van der Waals surface area contributed by atoms with Gasteiger partial charge in [0, 0.05) is 24.7 Å². The molecule has 0 saturated carbocycles. The van der Waals surface area contributed by atoms with Gasteiger partial charge in [-0.3, -0.25) is 0 Å². The lowest BCUT2D eigenvalue weighted by Gasteiger charge is -2.07. The fourth-order valence-corrected chi connectivity index (χ4v) is 1.80. The molecule has 2 rings (SSSR count). The first-order valence-corrected chi connectivity index (χ1v) is 5.38. The molecule has 1 heterocycles. The van der Waals surface area contributed by atoms with Crippen LogP contribution in [0.15, 0.2) is 18.2 Å². The highest BCUT2D eigenvalue weighted by Gasteiger charge is 2.13. The topological polar surface area (TPSA) is 56.7 Å². The molecule has 0 radical (unpaired) electrons. The first-order valence-electron chi connectivity index (χ1n) is 5.38. The van der Waals surface area contributed by atoms with E-state index in [-0.39, 0.29) is 0 Å². The molecule has 0 atom stereocenters. The lowest BCUT2D eigenvalue weighted by atomic mass is 10.1. The molecule has 4 heteroatoms. The SMILES string of the molecule is CCc1nc(-c2c(C)cccc2N)n(C)n1. The number of aryl methyl sites for hydroxylation is 3. The molecule has 2 aromatic rings. The van der Waals surface area contributed by atoms with Crippen LogP contribution in [0.5, 0.6) is 0 Å². The normalized spacial score (nSPS) is 10.7. The van der Waals surface area contributed by atoms with Crippen LogP contribution in [0.2, 0.25) is 0 Å². The molecule has 4 nitrogen and oxygen atoms in total. The maximum Gasteiger partial charge on any atom is 0.160 e. The van der Waals surface area contributed by atoms with Gasteiger partial charge in [-0.25, -0.2) is 9.67 Å². The highest BCUT2D eigenvalue weighted by Crippen LogP contribution is 2.27. The Balaban J connectivity index is 2.62. The third-order valence-electron chi connectivity index (χ3n) is 2.65. The number of aromatic nitrogens is 3. The van der Waals surface area contributed by atoms with E-state index in [1.54, 1.807) is 4.68 Å². The summed E-state index contributed by atoms with van der Waals surface area (Å²) in [5.41, 5.74) is 8.85. The van der Waals surface area contributed by atoms with Crippen LogP contribution in [-0.2, 0) is 13.5 Å². The molecule has 0 aliphatic rings. The Morgan fingerprint density at radius 3 is 2.69 bits per heavy atom. The minimum atomic E-state index is 0.748. The minimum absolute atomic E-state index is 0.748. The zero-order valence-electron chi connectivity index (χ0n) is 9.86. The number of nitrogens with zero attached hydrogens (tertiary/aromatic N) is 3. The monoisotopic (exact) mass is 216 g/mol. The molecule has 0 bridgehead atoms. The van der Waals surface area contributed by atoms with Gasteiger partial charge in [-0.1, -0.05) is 19.1 Å². The maximum atomic E-state index is 5.99. The van der Waals surface area contributed by atoms with Crippen molar-refractivity contribution in [1.82, 2.24) is 14.8 Å². The number of nitrogen functional groups attached to an aromatic ring is 1. The fourth-order valence-electron chi connectivity index (χ4n) is 1.80. The van der Waals surface area contributed by atoms with Gasteiger partial charge < -0.3 is 5.73 Å². The van der Waals surface area contributed by atoms with Crippen LogP contribution in [-0.4, -0.2) is 14.8 Å². The second-order valence-electron chi connectivity index (χ2n) is 3.87. The van der Waals surface area contributed by atoms with Gasteiger partial charge in [-0.15, -0.1) is 0 Å². The standard InChI is InChI=1S/C12H16N4/c1-4-10-14-12(16(3)15-10)11-8(2)6-5-7-9(11)13/h5-7H,4,13H2,1-3H3. The summed E-state index contributed by atoms with van der Waals surface area (Å²) in [6.45, 7) is 4.08. The molecular weight excluding hydrogens is 200 g/mol. The van der Waals surface area contributed by atoms with Gasteiger partial charge in [-0.05, 0) is 18.6 Å². The Kier molecular flexibility index (Phi) is 2.64. The van der Waals surface area contributed by atoms with E-state index < -0.39 is 0 Å². The lowest BCUT2D eigenvalue weighted by Crippen LogP contribution is -1.99. The first kappa shape index (κ1) is 10.7. The van der Waals surface area contributed by atoms with E-state index in [2.05, 4.69) is 10.1 Å². The van der Waals surface area contributed by atoms with Crippen molar-refractivity contribution in [1.29, 1.82) is 0 Å². The van der Waals surface area contributed by atoms with Crippen molar-refractivity contribution in [2.45, 2.75) is 20.3 Å². The molecule has 16 heavy (non-hydrogen) atoms. The van der Waals surface area contributed by atoms with Gasteiger partial charge in [0.15, 0.2) is 11.6 Å². The molecule has 0 amide bonds. The summed E-state index contributed by atoms with van der Waals surface area (Å²) in [6.07, 6.45) is 0.833. The van der Waals surface area contributed by atoms with Gasteiger partial charge in [0.25, 0.3) is 0 Å². The Hall–Kier alpha value is -1.84. The van der Waals surface area contributed by atoms with Crippen LogP contribution in [0.4, 0.5) is 5.69 Å². The maximum absolute atomic E-state index is 5.99. The van der Waals surface area contributed by atoms with Crippen molar-refractivity contribution in [3.8, 4) is 11.4 Å². The van der Waals surface area contributed by atoms with Crippen molar-refractivity contribution in [2.24, 2.45) is 7.05 Å². The molecule has 0 aliphatic heterocycles. The van der Waals surface area contributed by atoms with E-state index >= 15 is 0 Å². The molecule has 0 unspecified atom stereocenters. The molecular formula is C12H16N4. The third-order valence-corrected chi connectivity index (χ3v) is 2.65. The summed E-state index contributed by atoms with van der Waals surface area (Å²) in [5, 5.41) is 4.34. The van der Waals surface area contributed by atoms with E-state index in [4.69, 9.17) is 5.73 Å². The third kappa shape index (κ3) is 1.66. The number of hydrogen-bond acceptors (Lipinski definition) is 3. The Labute approximate surface area is 95.1 Å². The quantitative estimate of drug-likeness (QED) is 0.780. The van der Waals surface area contributed by atoms with Crippen LogP contribution in [0.1, 0.15) is 18.3 Å². The van der Waals surface area contributed by atoms with Gasteiger partial charge in [0.2, 0.25) is 0 Å². The highest BCUT2D eigenvalue weighted by molar-refractivity contribution is 5.74. The number of nitrogens with two attached hydrogens (primary N) is 1. The lowest BCUT2D eigenvalue weighted by molar-refractivity contribution is 0.752. The van der Waals surface area contributed by atoms with Crippen molar-refractivity contribution in [2.75, 3.05) is 5.73 Å². The van der Waals surface area contributed by atoms with Crippen molar-refractivity contribution >= 4 is 5.69 Å². The zero-order chi connectivity index (χ0) is 11.7. The molecule has 1 aromatic heterocycles. The number of rotatable bonds is 2. The van der Waals surface area contributed by atoms with Gasteiger partial charge in [0.05, 0.1) is 0 Å². The second kappa shape index (κ2) is 3.96. The first-order chi connectivity index (χ1) is 7.63. The Morgan fingerprint density at radius 1 is 1.38 bits per heavy atom. The predicted octanol–water partition coefficient (Wildman–Crippen LogP) is 1.94. The van der Waals surface area contributed by atoms with Crippen LogP contribution >= 0.6 is 0 Å². The number of hydrogen-bond donors (Lipinski definition) is 1. The summed E-state index contributed by atoms with van der Waals surface area (Å²) >= 11 is 0. The predicted molar refractivity (Wildman–Crippen MR) is 65.0 cm³/mol. The second-order valence-corrected chi connectivity index (χ2v) is 3.87. The van der Waals surface area contributed by atoms with Crippen LogP contribution in [0.25, 0.3) is 11.4 Å². The summed E-state index contributed by atoms with van der Waals surface area (Å²) in [5.74, 6) is 1.69. The number of anilines is 1. The smallest absolute Gasteiger partial charge is 0.160 e. The van der Waals surface area contributed by atoms with E-state index in [0.717, 1.165) is 34.9 Å². The van der Waals surface area contributed by atoms with E-state index in [1.807, 2.05) is 39.1 Å². The summed E-state index contributed by atoms with van der Waals surface area (Å²) < 4.78 is 1.79. The average molecular weight is 216 g/mol. The van der Waals surface area contributed by atoms with Gasteiger partial charge in [0.1, 0.15) is 0 Å². The summed E-state index contributed by atoms with van der Waals surface area (Å²) in [7, 11) is 1.90. The summed E-state index contributed by atoms with van der Waals surface area (Å²) in [6, 6.07) is 5.87. The van der Waals surface area contributed by atoms with Crippen LogP contribution < -0.4 is 5.73 Å². The highest BCUT2D eigenvalue weighted by atomic mass is 15.3. The molecule has 84 valence electrons. The van der Waals surface area contributed by atoms with E-state index in [1.165, 1.54) is 0 Å². The Morgan fingerprint density at radius 2 is 2.12 bits per heavy atom. The van der Waals surface area contributed by atoms with Crippen molar-refractivity contribution in [3.05, 3.63) is 29.6 Å². The molecule has 0 fully saturated rings. The summed E-state index contributed by atoms with van der Waals surface area (Å²) in [4.78, 5) is 4.49. The molecule has 0 spiro atoms. The molecule has 2 N–H and O–H groups in total. The number of benzene rings is 1. The van der Waals surface area contributed by atoms with E-state index in [9.17, 15) is 0 Å². The zero-order valence-corrected chi connectivity index (χ0v) is 9.86.